The van der Waals surface area contributed by atoms with Gasteiger partial charge in [0.2, 0.25) is 0 Å². The van der Waals surface area contributed by atoms with E-state index < -0.39 is 5.97 Å². The molecule has 160 valence electrons. The zero-order valence-electron chi connectivity index (χ0n) is 17.4. The molecular weight excluding hydrogens is 416 g/mol. The topological polar surface area (TPSA) is 86.2 Å². The second-order valence-electron chi connectivity index (χ2n) is 6.58. The van der Waals surface area contributed by atoms with Gasteiger partial charge in [-0.05, 0) is 60.2 Å². The fraction of sp³-hybridized carbons (Fsp3) is 0.174. The lowest BCUT2D eigenvalue weighted by Gasteiger charge is -2.11. The average molecular weight is 439 g/mol. The highest BCUT2D eigenvalue weighted by molar-refractivity contribution is 7.12. The second kappa shape index (κ2) is 10.4. The van der Waals surface area contributed by atoms with Crippen molar-refractivity contribution in [1.29, 1.82) is 0 Å². The van der Waals surface area contributed by atoms with Crippen molar-refractivity contribution in [3.63, 3.8) is 0 Å². The summed E-state index contributed by atoms with van der Waals surface area (Å²) in [7, 11) is 1.48. The maximum absolute atomic E-state index is 12.1. The standard InChI is InChI=1S/C23H22N2O5S/c1-15-6-4-7-16(2)22(15)29-14-21(26)25-24-13-17-9-10-18(19(12-17)28-3)30-23(27)20-8-5-11-31-20/h4-13H,14H2,1-3H3,(H,25,26)/b24-13+. The van der Waals surface area contributed by atoms with Crippen molar-refractivity contribution in [2.45, 2.75) is 13.8 Å². The van der Waals surface area contributed by atoms with Crippen LogP contribution in [-0.2, 0) is 4.79 Å². The molecule has 31 heavy (non-hydrogen) atoms. The van der Waals surface area contributed by atoms with Crippen LogP contribution < -0.4 is 19.6 Å². The van der Waals surface area contributed by atoms with Gasteiger partial charge in [0.25, 0.3) is 5.91 Å². The SMILES string of the molecule is COc1cc(/C=N/NC(=O)COc2c(C)cccc2C)ccc1OC(=O)c1cccs1. The number of hydrazone groups is 1. The number of thiophene rings is 1. The van der Waals surface area contributed by atoms with E-state index in [9.17, 15) is 9.59 Å². The normalized spacial score (nSPS) is 10.7. The van der Waals surface area contributed by atoms with Crippen LogP contribution in [0.5, 0.6) is 17.2 Å². The van der Waals surface area contributed by atoms with Crippen LogP contribution in [0.15, 0.2) is 59.0 Å². The van der Waals surface area contributed by atoms with E-state index in [2.05, 4.69) is 10.5 Å². The summed E-state index contributed by atoms with van der Waals surface area (Å²) in [5, 5.41) is 5.74. The number of carbonyl (C=O) groups is 2. The first-order valence-electron chi connectivity index (χ1n) is 9.42. The van der Waals surface area contributed by atoms with Gasteiger partial charge in [0.15, 0.2) is 18.1 Å². The van der Waals surface area contributed by atoms with Gasteiger partial charge in [0.05, 0.1) is 13.3 Å². The molecule has 0 bridgehead atoms. The zero-order valence-corrected chi connectivity index (χ0v) is 18.2. The first kappa shape index (κ1) is 22.0. The molecule has 8 heteroatoms. The molecule has 0 fully saturated rings. The molecule has 0 aliphatic carbocycles. The van der Waals surface area contributed by atoms with Crippen LogP contribution in [0.4, 0.5) is 0 Å². The molecule has 0 radical (unpaired) electrons. The Kier molecular flexibility index (Phi) is 7.40. The van der Waals surface area contributed by atoms with Crippen LogP contribution in [0.25, 0.3) is 0 Å². The predicted octanol–water partition coefficient (Wildman–Crippen LogP) is 4.12. The van der Waals surface area contributed by atoms with Crippen LogP contribution in [0.1, 0.15) is 26.4 Å². The van der Waals surface area contributed by atoms with Crippen LogP contribution in [0, 0.1) is 13.8 Å². The van der Waals surface area contributed by atoms with Gasteiger partial charge in [-0.3, -0.25) is 4.79 Å². The van der Waals surface area contributed by atoms with E-state index in [4.69, 9.17) is 14.2 Å². The summed E-state index contributed by atoms with van der Waals surface area (Å²) in [6, 6.07) is 14.2. The van der Waals surface area contributed by atoms with E-state index in [1.807, 2.05) is 32.0 Å². The van der Waals surface area contributed by atoms with Gasteiger partial charge in [0.1, 0.15) is 10.6 Å². The first-order chi connectivity index (χ1) is 15.0. The number of rotatable bonds is 8. The van der Waals surface area contributed by atoms with Gasteiger partial charge < -0.3 is 14.2 Å². The number of nitrogens with zero attached hydrogens (tertiary/aromatic N) is 1. The molecule has 0 aliphatic heterocycles. The average Bonchev–Trinajstić information content (AvgIpc) is 3.29. The van der Waals surface area contributed by atoms with Crippen molar-refractivity contribution >= 4 is 29.4 Å². The van der Waals surface area contributed by atoms with Crippen molar-refractivity contribution in [3.05, 3.63) is 75.5 Å². The fourth-order valence-electron chi connectivity index (χ4n) is 2.77. The van der Waals surface area contributed by atoms with E-state index in [0.717, 1.165) is 11.1 Å². The van der Waals surface area contributed by atoms with Gasteiger partial charge in [-0.15, -0.1) is 11.3 Å². The van der Waals surface area contributed by atoms with Crippen molar-refractivity contribution in [2.24, 2.45) is 5.10 Å². The molecule has 0 unspecified atom stereocenters. The summed E-state index contributed by atoms with van der Waals surface area (Å²) in [6.07, 6.45) is 1.46. The lowest BCUT2D eigenvalue weighted by molar-refractivity contribution is -0.123. The largest absolute Gasteiger partial charge is 0.493 e. The van der Waals surface area contributed by atoms with E-state index in [1.54, 1.807) is 35.7 Å². The third kappa shape index (κ3) is 5.93. The Bertz CT molecular complexity index is 1070. The van der Waals surface area contributed by atoms with Crippen molar-refractivity contribution in [1.82, 2.24) is 5.43 Å². The molecule has 0 atom stereocenters. The van der Waals surface area contributed by atoms with Gasteiger partial charge >= 0.3 is 5.97 Å². The van der Waals surface area contributed by atoms with Crippen LogP contribution in [0.3, 0.4) is 0 Å². The number of esters is 1. The van der Waals surface area contributed by atoms with Crippen LogP contribution in [0.2, 0.25) is 0 Å². The Labute approximate surface area is 184 Å². The van der Waals surface area contributed by atoms with Crippen LogP contribution >= 0.6 is 11.3 Å². The fourth-order valence-corrected chi connectivity index (χ4v) is 3.37. The number of ether oxygens (including phenoxy) is 3. The highest BCUT2D eigenvalue weighted by atomic mass is 32.1. The van der Waals surface area contributed by atoms with Crippen molar-refractivity contribution in [2.75, 3.05) is 13.7 Å². The molecule has 1 amide bonds. The lowest BCUT2D eigenvalue weighted by atomic mass is 10.1. The van der Waals surface area contributed by atoms with E-state index in [-0.39, 0.29) is 12.5 Å². The molecule has 0 saturated carbocycles. The van der Waals surface area contributed by atoms with E-state index in [1.165, 1.54) is 24.7 Å². The van der Waals surface area contributed by atoms with Crippen LogP contribution in [-0.4, -0.2) is 31.8 Å². The molecule has 1 aromatic heterocycles. The molecule has 3 rings (SSSR count). The molecule has 1 N–H and O–H groups in total. The van der Waals surface area contributed by atoms with Gasteiger partial charge in [-0.1, -0.05) is 24.3 Å². The molecular formula is C23H22N2O5S. The minimum atomic E-state index is -0.453. The predicted molar refractivity (Wildman–Crippen MR) is 119 cm³/mol. The Morgan fingerprint density at radius 3 is 2.52 bits per heavy atom. The Morgan fingerprint density at radius 2 is 1.84 bits per heavy atom. The number of para-hydroxylation sites is 1. The third-order valence-corrected chi connectivity index (χ3v) is 5.12. The second-order valence-corrected chi connectivity index (χ2v) is 7.53. The molecule has 0 saturated heterocycles. The maximum atomic E-state index is 12.1. The van der Waals surface area contributed by atoms with Crippen molar-refractivity contribution in [3.8, 4) is 17.2 Å². The summed E-state index contributed by atoms with van der Waals surface area (Å²) in [6.45, 7) is 3.70. The Balaban J connectivity index is 1.56. The number of amides is 1. The molecule has 2 aromatic carbocycles. The molecule has 7 nitrogen and oxygen atoms in total. The third-order valence-electron chi connectivity index (χ3n) is 4.27. The highest BCUT2D eigenvalue weighted by Gasteiger charge is 2.13. The summed E-state index contributed by atoms with van der Waals surface area (Å²) in [4.78, 5) is 24.6. The number of aryl methyl sites for hydroxylation is 2. The van der Waals surface area contributed by atoms with Gasteiger partial charge in [-0.25, -0.2) is 10.2 Å². The molecule has 0 aliphatic rings. The minimum Gasteiger partial charge on any atom is -0.493 e. The smallest absolute Gasteiger partial charge is 0.353 e. The number of nitrogens with one attached hydrogen (secondary N) is 1. The molecule has 3 aromatic rings. The summed E-state index contributed by atoms with van der Waals surface area (Å²) in [5.74, 6) is 0.528. The van der Waals surface area contributed by atoms with Gasteiger partial charge in [0, 0.05) is 0 Å². The summed E-state index contributed by atoms with van der Waals surface area (Å²) < 4.78 is 16.3. The molecule has 0 spiro atoms. The Hall–Kier alpha value is -3.65. The van der Waals surface area contributed by atoms with E-state index in [0.29, 0.717) is 27.7 Å². The molecule has 1 heterocycles. The number of benzene rings is 2. The van der Waals surface area contributed by atoms with E-state index >= 15 is 0 Å². The quantitative estimate of drug-likeness (QED) is 0.247. The summed E-state index contributed by atoms with van der Waals surface area (Å²) in [5.41, 5.74) is 5.00. The maximum Gasteiger partial charge on any atom is 0.353 e. The number of hydrogen-bond acceptors (Lipinski definition) is 7. The number of carbonyl (C=O) groups excluding carboxylic acids is 2. The van der Waals surface area contributed by atoms with Gasteiger partial charge in [-0.2, -0.15) is 5.10 Å². The minimum absolute atomic E-state index is 0.149. The lowest BCUT2D eigenvalue weighted by Crippen LogP contribution is -2.25. The monoisotopic (exact) mass is 438 g/mol. The highest BCUT2D eigenvalue weighted by Crippen LogP contribution is 2.29. The zero-order chi connectivity index (χ0) is 22.2. The first-order valence-corrected chi connectivity index (χ1v) is 10.3. The van der Waals surface area contributed by atoms with Crippen molar-refractivity contribution < 1.29 is 23.8 Å². The number of hydrogen-bond donors (Lipinski definition) is 1. The summed E-state index contributed by atoms with van der Waals surface area (Å²) >= 11 is 1.30. The number of methoxy groups -OCH3 is 1. The Morgan fingerprint density at radius 1 is 1.06 bits per heavy atom.